The first-order valence-electron chi connectivity index (χ1n) is 4.22. The maximum atomic E-state index is 13.6. The second kappa shape index (κ2) is 3.93. The summed E-state index contributed by atoms with van der Waals surface area (Å²) in [5.41, 5.74) is -3.07. The summed E-state index contributed by atoms with van der Waals surface area (Å²) in [5, 5.41) is 9.30. The maximum absolute atomic E-state index is 13.6. The molecule has 0 unspecified atom stereocenters. The van der Waals surface area contributed by atoms with Crippen molar-refractivity contribution in [2.24, 2.45) is 0 Å². The van der Waals surface area contributed by atoms with Crippen LogP contribution < -0.4 is 0 Å². The smallest absolute Gasteiger partial charge is 0.303 e. The Bertz CT molecular complexity index is 371. The Morgan fingerprint density at radius 1 is 1.27 bits per heavy atom. The van der Waals surface area contributed by atoms with E-state index in [1.807, 2.05) is 0 Å². The van der Waals surface area contributed by atoms with Crippen molar-refractivity contribution in [1.82, 2.24) is 0 Å². The highest BCUT2D eigenvalue weighted by Crippen LogP contribution is 2.40. The molecule has 0 saturated heterocycles. The minimum Gasteiger partial charge on any atom is -0.384 e. The second-order valence-corrected chi connectivity index (χ2v) is 4.90. The van der Waals surface area contributed by atoms with Gasteiger partial charge in [0, 0.05) is 3.57 Å². The van der Waals surface area contributed by atoms with E-state index >= 15 is 0 Å². The normalized spacial score (nSPS) is 13.0. The van der Waals surface area contributed by atoms with Crippen LogP contribution in [-0.4, -0.2) is 10.7 Å². The van der Waals surface area contributed by atoms with Crippen molar-refractivity contribution in [3.05, 3.63) is 33.1 Å². The molecule has 1 nitrogen and oxygen atoms in total. The lowest BCUT2D eigenvalue weighted by Crippen LogP contribution is -2.41. The summed E-state index contributed by atoms with van der Waals surface area (Å²) in [6.45, 7) is 1.90. The monoisotopic (exact) mass is 330 g/mol. The third-order valence-electron chi connectivity index (χ3n) is 2.06. The Balaban J connectivity index is 3.34. The van der Waals surface area contributed by atoms with Crippen LogP contribution in [0.25, 0.3) is 0 Å². The van der Waals surface area contributed by atoms with Gasteiger partial charge in [-0.15, -0.1) is 0 Å². The van der Waals surface area contributed by atoms with Gasteiger partial charge in [-0.3, -0.25) is 0 Å². The predicted molar refractivity (Wildman–Crippen MR) is 59.3 cm³/mol. The van der Waals surface area contributed by atoms with Crippen LogP contribution in [0.1, 0.15) is 19.4 Å². The third-order valence-corrected chi connectivity index (χ3v) is 2.89. The van der Waals surface area contributed by atoms with E-state index in [2.05, 4.69) is 0 Å². The summed E-state index contributed by atoms with van der Waals surface area (Å²) in [7, 11) is 0. The van der Waals surface area contributed by atoms with Gasteiger partial charge in [0.2, 0.25) is 0 Å². The molecule has 0 atom stereocenters. The number of alkyl halides is 2. The van der Waals surface area contributed by atoms with Crippen LogP contribution in [0.2, 0.25) is 0 Å². The van der Waals surface area contributed by atoms with Gasteiger partial charge in [0.1, 0.15) is 11.4 Å². The van der Waals surface area contributed by atoms with E-state index in [9.17, 15) is 18.3 Å². The number of hydrogen-bond donors (Lipinski definition) is 1. The third kappa shape index (κ3) is 2.28. The molecule has 0 aliphatic heterocycles. The van der Waals surface area contributed by atoms with Crippen LogP contribution in [0.4, 0.5) is 13.2 Å². The van der Waals surface area contributed by atoms with Crippen molar-refractivity contribution in [3.63, 3.8) is 0 Å². The van der Waals surface area contributed by atoms with Crippen LogP contribution in [0.3, 0.4) is 0 Å². The topological polar surface area (TPSA) is 20.2 Å². The zero-order chi connectivity index (χ0) is 11.9. The van der Waals surface area contributed by atoms with Crippen LogP contribution in [0, 0.1) is 9.39 Å². The minimum atomic E-state index is -3.61. The summed E-state index contributed by atoms with van der Waals surface area (Å²) in [6.07, 6.45) is 0. The fraction of sp³-hybridized carbons (Fsp3) is 0.400. The zero-order valence-corrected chi connectivity index (χ0v) is 10.3. The average Bonchev–Trinajstić information content (AvgIpc) is 2.07. The highest BCUT2D eigenvalue weighted by atomic mass is 127. The second-order valence-electron chi connectivity index (χ2n) is 3.73. The number of aliphatic hydroxyl groups is 1. The molecule has 0 heterocycles. The molecule has 1 N–H and O–H groups in total. The number of benzene rings is 1. The molecule has 15 heavy (non-hydrogen) atoms. The van der Waals surface area contributed by atoms with Crippen molar-refractivity contribution in [2.45, 2.75) is 25.4 Å². The molecule has 84 valence electrons. The summed E-state index contributed by atoms with van der Waals surface area (Å²) >= 11 is 1.63. The lowest BCUT2D eigenvalue weighted by atomic mass is 9.93. The minimum absolute atomic E-state index is 0.106. The summed E-state index contributed by atoms with van der Waals surface area (Å²) in [5.74, 6) is -4.59. The van der Waals surface area contributed by atoms with Crippen LogP contribution >= 0.6 is 22.6 Å². The molecule has 1 aromatic carbocycles. The molecule has 1 rings (SSSR count). The average molecular weight is 330 g/mol. The van der Waals surface area contributed by atoms with Crippen LogP contribution in [0.15, 0.2) is 18.2 Å². The van der Waals surface area contributed by atoms with Gasteiger partial charge >= 0.3 is 5.92 Å². The fourth-order valence-corrected chi connectivity index (χ4v) is 1.57. The first-order valence-corrected chi connectivity index (χ1v) is 5.30. The molecule has 1 aromatic rings. The highest BCUT2D eigenvalue weighted by Gasteiger charge is 2.48. The quantitative estimate of drug-likeness (QED) is 0.825. The Kier molecular flexibility index (Phi) is 3.35. The molecule has 0 bridgehead atoms. The molecular weight excluding hydrogens is 320 g/mol. The van der Waals surface area contributed by atoms with E-state index in [0.29, 0.717) is 0 Å². The zero-order valence-electron chi connectivity index (χ0n) is 8.19. The van der Waals surface area contributed by atoms with Crippen molar-refractivity contribution >= 4 is 22.6 Å². The van der Waals surface area contributed by atoms with Gasteiger partial charge in [-0.2, -0.15) is 8.78 Å². The Labute approximate surface area is 99.4 Å². The van der Waals surface area contributed by atoms with Crippen molar-refractivity contribution in [3.8, 4) is 0 Å². The number of rotatable bonds is 2. The molecule has 0 aromatic heterocycles. The van der Waals surface area contributed by atoms with Gasteiger partial charge in [-0.25, -0.2) is 4.39 Å². The van der Waals surface area contributed by atoms with Gasteiger partial charge in [0.05, 0.1) is 5.56 Å². The highest BCUT2D eigenvalue weighted by molar-refractivity contribution is 14.1. The standard InChI is InChI=1S/C10H10F3IO/c1-9(2,15)10(12,13)6-4-3-5-7(14)8(6)11/h3-5,15H,1-2H3. The van der Waals surface area contributed by atoms with E-state index in [1.54, 1.807) is 22.6 Å². The largest absolute Gasteiger partial charge is 0.384 e. The van der Waals surface area contributed by atoms with Gasteiger partial charge in [0.15, 0.2) is 0 Å². The molecule has 0 saturated carbocycles. The van der Waals surface area contributed by atoms with E-state index in [0.717, 1.165) is 19.9 Å². The summed E-state index contributed by atoms with van der Waals surface area (Å²) < 4.78 is 40.8. The van der Waals surface area contributed by atoms with Gasteiger partial charge in [-0.1, -0.05) is 6.07 Å². The lowest BCUT2D eigenvalue weighted by Gasteiger charge is -2.29. The van der Waals surface area contributed by atoms with Crippen molar-refractivity contribution < 1.29 is 18.3 Å². The Hall–Kier alpha value is -0.300. The molecule has 0 aliphatic carbocycles. The fourth-order valence-electron chi connectivity index (χ4n) is 1.08. The molecule has 0 fully saturated rings. The molecule has 5 heteroatoms. The SMILES string of the molecule is CC(C)(O)C(F)(F)c1cccc(I)c1F. The van der Waals surface area contributed by atoms with E-state index < -0.39 is 22.9 Å². The van der Waals surface area contributed by atoms with Gasteiger partial charge in [0.25, 0.3) is 0 Å². The van der Waals surface area contributed by atoms with E-state index in [1.165, 1.54) is 12.1 Å². The van der Waals surface area contributed by atoms with Crippen molar-refractivity contribution in [1.29, 1.82) is 0 Å². The molecular formula is C10H10F3IO. The first kappa shape index (κ1) is 12.8. The molecule has 0 amide bonds. The van der Waals surface area contributed by atoms with E-state index in [-0.39, 0.29) is 3.57 Å². The molecule has 0 radical (unpaired) electrons. The van der Waals surface area contributed by atoms with E-state index in [4.69, 9.17) is 0 Å². The summed E-state index contributed by atoms with van der Waals surface area (Å²) in [6, 6.07) is 3.70. The van der Waals surface area contributed by atoms with Gasteiger partial charge in [-0.05, 0) is 48.6 Å². The Morgan fingerprint density at radius 2 is 1.80 bits per heavy atom. The number of halogens is 4. The van der Waals surface area contributed by atoms with Crippen LogP contribution in [0.5, 0.6) is 0 Å². The molecule has 0 spiro atoms. The molecule has 0 aliphatic rings. The predicted octanol–water partition coefficient (Wildman–Crippen LogP) is 3.29. The Morgan fingerprint density at radius 3 is 2.27 bits per heavy atom. The number of hydrogen-bond acceptors (Lipinski definition) is 1. The van der Waals surface area contributed by atoms with Gasteiger partial charge < -0.3 is 5.11 Å². The van der Waals surface area contributed by atoms with Crippen LogP contribution in [-0.2, 0) is 5.92 Å². The maximum Gasteiger partial charge on any atom is 0.303 e. The summed E-state index contributed by atoms with van der Waals surface area (Å²) in [4.78, 5) is 0. The first-order chi connectivity index (χ1) is 6.68. The van der Waals surface area contributed by atoms with Crippen molar-refractivity contribution in [2.75, 3.05) is 0 Å². The lowest BCUT2D eigenvalue weighted by molar-refractivity contribution is -0.170.